The van der Waals surface area contributed by atoms with E-state index in [1.165, 1.54) is 41.7 Å². The first-order chi connectivity index (χ1) is 64.3. The number of carbonyl (C=O) groups excluding carboxylic acids is 14. The van der Waals surface area contributed by atoms with Crippen LogP contribution in [0, 0.1) is 82.9 Å². The summed E-state index contributed by atoms with van der Waals surface area (Å²) in [7, 11) is 1.54. The second-order valence-corrected chi connectivity index (χ2v) is 39.2. The number of likely N-dealkylation sites (tertiary alicyclic amines) is 1. The summed E-state index contributed by atoms with van der Waals surface area (Å²) in [5.74, 6) is -3.89. The molecule has 5 aliphatic heterocycles. The van der Waals surface area contributed by atoms with Crippen LogP contribution in [0.2, 0.25) is 0 Å². The van der Waals surface area contributed by atoms with E-state index in [0.717, 1.165) is 0 Å². The zero-order chi connectivity index (χ0) is 99.6. The molecule has 6 amide bonds. The maximum Gasteiger partial charge on any atom is 0.306 e. The highest BCUT2D eigenvalue weighted by molar-refractivity contribution is 5.92. The van der Waals surface area contributed by atoms with E-state index >= 15 is 4.79 Å². The molecule has 0 radical (unpaired) electrons. The standard InChI is InChI=1S/C101H172N6O28/c1-63(108)44-45-95(119)131-84-56-82(58-122-18)107(57-84)94(118)43-20-19-28-48-104-97(121)81(55-86(114)85(106-93(117)42-27-35-53-126-101-75(13)67(5)71(9)90(135-101)62-130-79(17)112)39-23-31-47-103-92(116)41-26-34-52-125-100-74(12)66(4)70(8)89(134-100)61-129-78(16)111)37-22-30-49-105-96(120)80(54-83(113)38-24-32-50-123-98-72(10)64(2)68(6)87(132-98)59-127-76(14)109)36-21-29-46-102-91(115)40-25-33-51-124-99-73(11)65(3)69(7)88(133-99)60-128-77(15)110/h64-75,80-82,84-85,87-90,98-101H,19-62H2,1-18H3,(H,102,115)(H,103,116)(H,104,121)(H,105,120)(H,106,117)/t64-,65-,66-,67-,68+,69+,70+,71+,72?,73?,74?,75?,80?,81?,82-,84+,85?,87?,88?,89?,90?,98+,99+,100+,101+/m0/s1. The summed E-state index contributed by atoms with van der Waals surface area (Å²) in [6.45, 7) is 35.3. The lowest BCUT2D eigenvalue weighted by molar-refractivity contribution is -0.255. The van der Waals surface area contributed by atoms with Crippen LogP contribution in [-0.2, 0) is 133 Å². The maximum absolute atomic E-state index is 15.0. The van der Waals surface area contributed by atoms with Crippen LogP contribution in [-0.4, -0.2) is 255 Å². The number of amides is 6. The Labute approximate surface area is 804 Å². The molecule has 5 aliphatic rings. The van der Waals surface area contributed by atoms with Gasteiger partial charge in [0, 0.05) is 181 Å². The van der Waals surface area contributed by atoms with Crippen molar-refractivity contribution in [3.8, 4) is 0 Å². The maximum atomic E-state index is 15.0. The third-order valence-corrected chi connectivity index (χ3v) is 28.7. The number of hydrogen-bond acceptors (Lipinski definition) is 28. The minimum Gasteiger partial charge on any atom is -0.463 e. The first kappa shape index (κ1) is 118. The molecule has 5 heterocycles. The minimum absolute atomic E-state index is 0.0164. The quantitative estimate of drug-likeness (QED) is 0.0214. The summed E-state index contributed by atoms with van der Waals surface area (Å²) >= 11 is 0. The fourth-order valence-corrected chi connectivity index (χ4v) is 18.4. The number of methoxy groups -OCH3 is 1. The van der Waals surface area contributed by atoms with E-state index in [1.54, 1.807) is 4.90 Å². The Morgan fingerprint density at radius 2 is 0.696 bits per heavy atom. The average molecular weight is 1920 g/mol. The number of nitrogens with one attached hydrogen (secondary N) is 5. The van der Waals surface area contributed by atoms with Crippen LogP contribution in [0.3, 0.4) is 0 Å². The summed E-state index contributed by atoms with van der Waals surface area (Å²) in [5.41, 5.74) is 0. The molecule has 0 aliphatic carbocycles. The molecule has 5 fully saturated rings. The van der Waals surface area contributed by atoms with Crippen LogP contribution in [0.5, 0.6) is 0 Å². The fourth-order valence-electron chi connectivity index (χ4n) is 18.4. The van der Waals surface area contributed by atoms with Gasteiger partial charge in [0.2, 0.25) is 35.4 Å². The Kier molecular flexibility index (Phi) is 56.9. The highest BCUT2D eigenvalue weighted by atomic mass is 16.7. The molecule has 0 saturated carbocycles. The average Bonchev–Trinajstić information content (AvgIpc) is 1.78. The zero-order valence-electron chi connectivity index (χ0n) is 84.9. The molecule has 774 valence electrons. The van der Waals surface area contributed by atoms with Gasteiger partial charge in [0.25, 0.3) is 0 Å². The number of hydrogen-bond donors (Lipinski definition) is 5. The molecule has 0 aromatic heterocycles. The molecule has 0 bridgehead atoms. The molecule has 5 N–H and O–H groups in total. The second kappa shape index (κ2) is 64.9. The summed E-state index contributed by atoms with van der Waals surface area (Å²) in [4.78, 5) is 185. The lowest BCUT2D eigenvalue weighted by atomic mass is 9.79. The zero-order valence-corrected chi connectivity index (χ0v) is 84.9. The van der Waals surface area contributed by atoms with Crippen LogP contribution < -0.4 is 26.6 Å². The van der Waals surface area contributed by atoms with Gasteiger partial charge in [-0.15, -0.1) is 0 Å². The third kappa shape index (κ3) is 44.9. The molecule has 5 saturated heterocycles. The molecule has 135 heavy (non-hydrogen) atoms. The molecular weight excluding hydrogens is 1750 g/mol. The van der Waals surface area contributed by atoms with Crippen molar-refractivity contribution in [2.45, 2.75) is 378 Å². The Morgan fingerprint density at radius 1 is 0.348 bits per heavy atom. The fraction of sp³-hybridized carbons (Fsp3) is 0.861. The van der Waals surface area contributed by atoms with Crippen molar-refractivity contribution in [3.63, 3.8) is 0 Å². The van der Waals surface area contributed by atoms with Gasteiger partial charge in [-0.1, -0.05) is 102 Å². The van der Waals surface area contributed by atoms with Crippen molar-refractivity contribution >= 4 is 82.6 Å². The normalized spacial score (nSPS) is 27.4. The summed E-state index contributed by atoms with van der Waals surface area (Å²) in [6.07, 6.45) is 6.69. The van der Waals surface area contributed by atoms with Gasteiger partial charge in [-0.3, -0.25) is 62.3 Å². The molecule has 0 spiro atoms. The van der Waals surface area contributed by atoms with E-state index in [2.05, 4.69) is 110 Å². The summed E-state index contributed by atoms with van der Waals surface area (Å²) in [5, 5.41) is 15.1. The molecule has 34 nitrogen and oxygen atoms in total. The SMILES string of the molecule is COC[C@@H]1C[C@@H](OC(=O)CCC(C)=O)CN1C(=O)CCCCCNC(=O)C(CCCCNC(=O)C(CCCCNC(=O)CCCCO[C@@H]1OC(COC(C)=O)[C@H](C)[C@H](C)C1C)CC(=O)CCCCO[C@@H]1OC(COC(C)=O)[C@H](C)[C@H](C)C1C)CC(=O)C(CCCCNC(=O)CCCCO[C@@H]1OC(COC(C)=O)[C@H](C)[C@H](C)C1C)NC(=O)CCCCO[C@@H]1OC(COC(C)=O)[C@H](C)[C@H](C)C1C. The molecule has 5 rings (SSSR count). The lowest BCUT2D eigenvalue weighted by Gasteiger charge is -2.43. The number of ketones is 3. The van der Waals surface area contributed by atoms with Gasteiger partial charge in [0.15, 0.2) is 30.9 Å². The molecule has 0 aromatic rings. The van der Waals surface area contributed by atoms with Crippen LogP contribution in [0.4, 0.5) is 0 Å². The van der Waals surface area contributed by atoms with Gasteiger partial charge < -0.3 is 103 Å². The van der Waals surface area contributed by atoms with Gasteiger partial charge >= 0.3 is 29.8 Å². The van der Waals surface area contributed by atoms with Gasteiger partial charge in [0.1, 0.15) is 44.1 Å². The summed E-state index contributed by atoms with van der Waals surface area (Å²) < 4.78 is 82.2. The monoisotopic (exact) mass is 1920 g/mol. The number of unbranched alkanes of at least 4 members (excludes halogenated alkanes) is 9. The van der Waals surface area contributed by atoms with E-state index < -0.39 is 67.0 Å². The Balaban J connectivity index is 1.26. The molecular formula is C101H172N6O28. The van der Waals surface area contributed by atoms with Gasteiger partial charge in [-0.2, -0.15) is 0 Å². The predicted molar refractivity (Wildman–Crippen MR) is 502 cm³/mol. The van der Waals surface area contributed by atoms with E-state index in [-0.39, 0.29) is 296 Å². The lowest BCUT2D eigenvalue weighted by Crippen LogP contribution is -2.47. The molecule has 34 heteroatoms. The number of carbonyl (C=O) groups is 14. The Hall–Kier alpha value is -7.18. The summed E-state index contributed by atoms with van der Waals surface area (Å²) in [6, 6.07) is -1.31. The highest BCUT2D eigenvalue weighted by Gasteiger charge is 2.45. The van der Waals surface area contributed by atoms with E-state index in [1.807, 2.05) is 0 Å². The van der Waals surface area contributed by atoms with Crippen LogP contribution in [0.1, 0.15) is 310 Å². The topological polar surface area (TPSA) is 432 Å². The largest absolute Gasteiger partial charge is 0.463 e. The smallest absolute Gasteiger partial charge is 0.306 e. The number of ether oxygens (including phenoxy) is 14. The first-order valence-corrected chi connectivity index (χ1v) is 50.8. The number of Topliss-reactive ketones (excluding diaryl/α,β-unsaturated/α-hetero) is 3. The van der Waals surface area contributed by atoms with E-state index in [0.29, 0.717) is 155 Å². The number of rotatable bonds is 67. The van der Waals surface area contributed by atoms with Crippen molar-refractivity contribution in [1.29, 1.82) is 0 Å². The number of esters is 5. The molecule has 0 aromatic carbocycles. The van der Waals surface area contributed by atoms with Crippen LogP contribution in [0.15, 0.2) is 0 Å². The van der Waals surface area contributed by atoms with E-state index in [4.69, 9.17) is 66.3 Å². The molecule has 11 unspecified atom stereocenters. The van der Waals surface area contributed by atoms with Crippen LogP contribution >= 0.6 is 0 Å². The van der Waals surface area contributed by atoms with Crippen LogP contribution in [0.25, 0.3) is 0 Å². The van der Waals surface area contributed by atoms with Crippen molar-refractivity contribution in [1.82, 2.24) is 31.5 Å². The van der Waals surface area contributed by atoms with Crippen molar-refractivity contribution < 1.29 is 133 Å². The Morgan fingerprint density at radius 3 is 1.07 bits per heavy atom. The number of nitrogens with zero attached hydrogens (tertiary/aromatic N) is 1. The van der Waals surface area contributed by atoms with Crippen molar-refractivity contribution in [2.75, 3.05) is 99.3 Å². The third-order valence-electron chi connectivity index (χ3n) is 28.7. The Bertz CT molecular complexity index is 3590. The van der Waals surface area contributed by atoms with Crippen molar-refractivity contribution in [3.05, 3.63) is 0 Å². The second-order valence-electron chi connectivity index (χ2n) is 39.2. The van der Waals surface area contributed by atoms with E-state index in [9.17, 15) is 62.3 Å². The first-order valence-electron chi connectivity index (χ1n) is 50.8. The van der Waals surface area contributed by atoms with Crippen molar-refractivity contribution in [2.24, 2.45) is 82.9 Å². The minimum atomic E-state index is -1.00. The highest BCUT2D eigenvalue weighted by Crippen LogP contribution is 2.40. The molecule has 25 atom stereocenters. The van der Waals surface area contributed by atoms with Gasteiger partial charge in [-0.05, 0) is 163 Å². The van der Waals surface area contributed by atoms with Gasteiger partial charge in [0.05, 0.1) is 56.1 Å². The predicted octanol–water partition coefficient (Wildman–Crippen LogP) is 12.2. The van der Waals surface area contributed by atoms with Gasteiger partial charge in [-0.25, -0.2) is 0 Å².